The molecule has 3 N–H and O–H groups in total. The molecule has 4 rings (SSSR count). The van der Waals surface area contributed by atoms with E-state index in [2.05, 4.69) is 71.1 Å². The third kappa shape index (κ3) is 2.90. The first-order valence-electron chi connectivity index (χ1n) is 7.83. The second-order valence-electron chi connectivity index (χ2n) is 5.79. The molecule has 3 aromatic rings. The van der Waals surface area contributed by atoms with E-state index in [1.54, 1.807) is 0 Å². The molecule has 0 radical (unpaired) electrons. The number of rotatable bonds is 4. The Morgan fingerprint density at radius 1 is 0.783 bits per heavy atom. The monoisotopic (exact) mass is 301 g/mol. The first-order valence-corrected chi connectivity index (χ1v) is 7.83. The lowest BCUT2D eigenvalue weighted by Gasteiger charge is -2.12. The lowest BCUT2D eigenvalue weighted by molar-refractivity contribution is 0.368. The summed E-state index contributed by atoms with van der Waals surface area (Å²) in [5, 5.41) is 2.08. The SMILES string of the molecule is NC(c1ccccc1)N1NC1c1cccc(-c2ccccc2)c1. The Kier molecular flexibility index (Phi) is 3.67. The highest BCUT2D eigenvalue weighted by molar-refractivity contribution is 5.64. The van der Waals surface area contributed by atoms with Crippen LogP contribution in [0.25, 0.3) is 11.1 Å². The summed E-state index contributed by atoms with van der Waals surface area (Å²) in [6, 6.07) is 29.2. The van der Waals surface area contributed by atoms with Crippen LogP contribution in [0.4, 0.5) is 0 Å². The topological polar surface area (TPSA) is 51.0 Å². The van der Waals surface area contributed by atoms with Gasteiger partial charge in [0.2, 0.25) is 0 Å². The van der Waals surface area contributed by atoms with Gasteiger partial charge in [-0.3, -0.25) is 0 Å². The molecule has 0 bridgehead atoms. The Bertz CT molecular complexity index is 786. The van der Waals surface area contributed by atoms with Gasteiger partial charge in [0, 0.05) is 0 Å². The first kappa shape index (κ1) is 14.2. The van der Waals surface area contributed by atoms with Crippen molar-refractivity contribution >= 4 is 0 Å². The van der Waals surface area contributed by atoms with E-state index in [0.29, 0.717) is 0 Å². The number of nitrogens with zero attached hydrogens (tertiary/aromatic N) is 1. The number of hydrogen-bond donors (Lipinski definition) is 2. The molecule has 3 nitrogen and oxygen atoms in total. The van der Waals surface area contributed by atoms with Crippen LogP contribution in [-0.2, 0) is 0 Å². The molecule has 1 heterocycles. The van der Waals surface area contributed by atoms with Crippen molar-refractivity contribution < 1.29 is 0 Å². The number of benzene rings is 3. The summed E-state index contributed by atoms with van der Waals surface area (Å²) in [6.45, 7) is 0. The maximum Gasteiger partial charge on any atom is 0.114 e. The van der Waals surface area contributed by atoms with Crippen LogP contribution in [0.3, 0.4) is 0 Å². The summed E-state index contributed by atoms with van der Waals surface area (Å²) < 4.78 is 0. The van der Waals surface area contributed by atoms with Crippen molar-refractivity contribution in [1.29, 1.82) is 0 Å². The number of nitrogens with one attached hydrogen (secondary N) is 1. The van der Waals surface area contributed by atoms with Gasteiger partial charge in [-0.15, -0.1) is 0 Å². The minimum absolute atomic E-state index is 0.137. The van der Waals surface area contributed by atoms with E-state index < -0.39 is 0 Å². The molecule has 0 amide bonds. The van der Waals surface area contributed by atoms with E-state index in [-0.39, 0.29) is 12.3 Å². The van der Waals surface area contributed by atoms with Gasteiger partial charge in [-0.05, 0) is 28.3 Å². The fourth-order valence-electron chi connectivity index (χ4n) is 2.91. The van der Waals surface area contributed by atoms with Crippen LogP contribution in [0.2, 0.25) is 0 Å². The smallest absolute Gasteiger partial charge is 0.114 e. The van der Waals surface area contributed by atoms with Gasteiger partial charge in [-0.2, -0.15) is 5.01 Å². The largest absolute Gasteiger partial charge is 0.311 e. The molecule has 114 valence electrons. The molecule has 1 aliphatic heterocycles. The Hall–Kier alpha value is -2.46. The van der Waals surface area contributed by atoms with Crippen LogP contribution in [0, 0.1) is 0 Å². The summed E-state index contributed by atoms with van der Waals surface area (Å²) in [6.07, 6.45) is 0.0375. The molecule has 0 saturated carbocycles. The minimum Gasteiger partial charge on any atom is -0.311 e. The Labute approximate surface area is 136 Å². The summed E-state index contributed by atoms with van der Waals surface area (Å²) >= 11 is 0. The van der Waals surface area contributed by atoms with E-state index in [9.17, 15) is 0 Å². The third-order valence-corrected chi connectivity index (χ3v) is 4.23. The summed E-state index contributed by atoms with van der Waals surface area (Å²) in [7, 11) is 0. The van der Waals surface area contributed by atoms with Gasteiger partial charge >= 0.3 is 0 Å². The molecule has 0 spiro atoms. The zero-order chi connectivity index (χ0) is 15.6. The molecule has 3 unspecified atom stereocenters. The van der Waals surface area contributed by atoms with Crippen LogP contribution in [-0.4, -0.2) is 5.01 Å². The predicted octanol–water partition coefficient (Wildman–Crippen LogP) is 3.83. The van der Waals surface area contributed by atoms with Crippen molar-refractivity contribution in [2.45, 2.75) is 12.3 Å². The maximum absolute atomic E-state index is 6.34. The van der Waals surface area contributed by atoms with Crippen molar-refractivity contribution in [2.75, 3.05) is 0 Å². The highest BCUT2D eigenvalue weighted by Gasteiger charge is 2.39. The standard InChI is InChI=1S/C20H19N3/c21-19(16-10-5-2-6-11-16)23-20(22-23)18-13-7-12-17(14-18)15-8-3-1-4-9-15/h1-14,19-20,22H,21H2. The number of hydrogen-bond acceptors (Lipinski definition) is 3. The first-order chi connectivity index (χ1) is 11.3. The van der Waals surface area contributed by atoms with Gasteiger partial charge in [0.05, 0.1) is 6.17 Å². The summed E-state index contributed by atoms with van der Waals surface area (Å²) in [5.41, 5.74) is 14.5. The average Bonchev–Trinajstić information content (AvgIpc) is 3.43. The van der Waals surface area contributed by atoms with Gasteiger partial charge in [0.1, 0.15) is 6.17 Å². The van der Waals surface area contributed by atoms with Crippen LogP contribution in [0.1, 0.15) is 23.5 Å². The van der Waals surface area contributed by atoms with E-state index >= 15 is 0 Å². The van der Waals surface area contributed by atoms with Gasteiger partial charge in [-0.1, -0.05) is 78.9 Å². The molecule has 0 aliphatic carbocycles. The molecule has 3 atom stereocenters. The van der Waals surface area contributed by atoms with Gasteiger partial charge in [0.25, 0.3) is 0 Å². The van der Waals surface area contributed by atoms with Crippen LogP contribution in [0.15, 0.2) is 84.9 Å². The fourth-order valence-corrected chi connectivity index (χ4v) is 2.91. The van der Waals surface area contributed by atoms with Crippen molar-refractivity contribution in [3.63, 3.8) is 0 Å². The third-order valence-electron chi connectivity index (χ3n) is 4.23. The molecule has 1 aliphatic rings. The Morgan fingerprint density at radius 2 is 1.43 bits per heavy atom. The second-order valence-corrected chi connectivity index (χ2v) is 5.79. The van der Waals surface area contributed by atoms with E-state index in [1.807, 2.05) is 24.3 Å². The molecular formula is C20H19N3. The van der Waals surface area contributed by atoms with Crippen LogP contribution >= 0.6 is 0 Å². The Morgan fingerprint density at radius 3 is 2.17 bits per heavy atom. The normalized spacial score (nSPS) is 20.9. The van der Waals surface area contributed by atoms with Crippen molar-refractivity contribution in [2.24, 2.45) is 5.73 Å². The van der Waals surface area contributed by atoms with Crippen LogP contribution in [0.5, 0.6) is 0 Å². The second kappa shape index (κ2) is 5.97. The van der Waals surface area contributed by atoms with Gasteiger partial charge in [0.15, 0.2) is 0 Å². The van der Waals surface area contributed by atoms with Crippen LogP contribution < -0.4 is 11.2 Å². The molecule has 23 heavy (non-hydrogen) atoms. The minimum atomic E-state index is -0.137. The fraction of sp³-hybridized carbons (Fsp3) is 0.100. The van der Waals surface area contributed by atoms with Crippen molar-refractivity contribution in [3.8, 4) is 11.1 Å². The van der Waals surface area contributed by atoms with E-state index in [0.717, 1.165) is 5.56 Å². The Balaban J connectivity index is 1.54. The van der Waals surface area contributed by atoms with Gasteiger partial charge in [-0.25, -0.2) is 5.43 Å². The molecule has 3 aromatic carbocycles. The molecule has 1 fully saturated rings. The average molecular weight is 301 g/mol. The maximum atomic E-state index is 6.34. The lowest BCUT2D eigenvalue weighted by Crippen LogP contribution is -2.21. The number of hydrazine groups is 1. The van der Waals surface area contributed by atoms with E-state index in [4.69, 9.17) is 5.73 Å². The molecule has 3 heteroatoms. The quantitative estimate of drug-likeness (QED) is 0.720. The highest BCUT2D eigenvalue weighted by Crippen LogP contribution is 2.36. The van der Waals surface area contributed by atoms with E-state index in [1.165, 1.54) is 16.7 Å². The zero-order valence-corrected chi connectivity index (χ0v) is 12.8. The predicted molar refractivity (Wildman–Crippen MR) is 93.0 cm³/mol. The number of nitrogens with two attached hydrogens (primary N) is 1. The molecule has 1 saturated heterocycles. The lowest BCUT2D eigenvalue weighted by atomic mass is 10.0. The zero-order valence-electron chi connectivity index (χ0n) is 12.8. The molecular weight excluding hydrogens is 282 g/mol. The van der Waals surface area contributed by atoms with Gasteiger partial charge < -0.3 is 5.73 Å². The van der Waals surface area contributed by atoms with Crippen molar-refractivity contribution in [3.05, 3.63) is 96.1 Å². The highest BCUT2D eigenvalue weighted by atomic mass is 15.8. The summed E-state index contributed by atoms with van der Waals surface area (Å²) in [5.74, 6) is 0. The van der Waals surface area contributed by atoms with Crippen molar-refractivity contribution in [1.82, 2.24) is 10.4 Å². The summed E-state index contributed by atoms with van der Waals surface area (Å²) in [4.78, 5) is 0. The molecule has 0 aromatic heterocycles.